The fourth-order valence-corrected chi connectivity index (χ4v) is 2.30. The summed E-state index contributed by atoms with van der Waals surface area (Å²) in [6, 6.07) is 0. The Morgan fingerprint density at radius 2 is 1.83 bits per heavy atom. The van der Waals surface area contributed by atoms with Crippen molar-refractivity contribution in [2.24, 2.45) is 5.73 Å². The van der Waals surface area contributed by atoms with Crippen LogP contribution < -0.4 is 5.73 Å². The van der Waals surface area contributed by atoms with Crippen LogP contribution in [-0.2, 0) is 14.3 Å². The number of ether oxygens (including phenoxy) is 2. The van der Waals surface area contributed by atoms with Gasteiger partial charge in [-0.2, -0.15) is 0 Å². The van der Waals surface area contributed by atoms with E-state index in [9.17, 15) is 15.0 Å². The maximum Gasteiger partial charge on any atom is 0.225 e. The molecule has 0 radical (unpaired) electrons. The van der Waals surface area contributed by atoms with Gasteiger partial charge in [-0.15, -0.1) is 0 Å². The predicted octanol–water partition coefficient (Wildman–Crippen LogP) is -2.32. The van der Waals surface area contributed by atoms with Crippen LogP contribution in [0.3, 0.4) is 0 Å². The molecule has 2 saturated heterocycles. The fourth-order valence-electron chi connectivity index (χ4n) is 2.30. The van der Waals surface area contributed by atoms with Gasteiger partial charge in [0.15, 0.2) is 0 Å². The topological polar surface area (TPSA) is 105 Å². The van der Waals surface area contributed by atoms with E-state index in [1.54, 1.807) is 4.90 Å². The van der Waals surface area contributed by atoms with Crippen LogP contribution in [0.4, 0.5) is 0 Å². The van der Waals surface area contributed by atoms with Gasteiger partial charge in [0.2, 0.25) is 5.91 Å². The molecule has 2 fully saturated rings. The molecule has 4 N–H and O–H groups in total. The Balaban J connectivity index is 1.87. The molecular weight excluding hydrogens is 240 g/mol. The van der Waals surface area contributed by atoms with Gasteiger partial charge in [0.25, 0.3) is 0 Å². The van der Waals surface area contributed by atoms with Crippen molar-refractivity contribution in [3.63, 3.8) is 0 Å². The largest absolute Gasteiger partial charge is 0.388 e. The Kier molecular flexibility index (Phi) is 4.52. The molecule has 1 amide bonds. The zero-order chi connectivity index (χ0) is 13.1. The molecule has 2 rings (SSSR count). The average Bonchev–Trinajstić information content (AvgIpc) is 2.67. The summed E-state index contributed by atoms with van der Waals surface area (Å²) in [6.07, 6.45) is -3.28. The third-order valence-corrected chi connectivity index (χ3v) is 3.43. The second-order valence-corrected chi connectivity index (χ2v) is 4.63. The molecule has 2 heterocycles. The third-order valence-electron chi connectivity index (χ3n) is 3.43. The summed E-state index contributed by atoms with van der Waals surface area (Å²) in [5, 5.41) is 19.4. The summed E-state index contributed by atoms with van der Waals surface area (Å²) in [6.45, 7) is 2.32. The second kappa shape index (κ2) is 5.94. The summed E-state index contributed by atoms with van der Waals surface area (Å²) in [4.78, 5) is 13.6. The van der Waals surface area contributed by atoms with Crippen LogP contribution >= 0.6 is 0 Å². The number of rotatable bonds is 3. The molecule has 4 unspecified atom stereocenters. The standard InChI is InChI=1S/C11H20N2O5/c12-6-8-11(16)10(15)7(18-8)5-9(14)13-1-3-17-4-2-13/h7-8,10-11,15-16H,1-6,12H2. The summed E-state index contributed by atoms with van der Waals surface area (Å²) < 4.78 is 10.6. The molecule has 7 nitrogen and oxygen atoms in total. The van der Waals surface area contributed by atoms with Gasteiger partial charge in [0.1, 0.15) is 12.2 Å². The van der Waals surface area contributed by atoms with Crippen LogP contribution in [0, 0.1) is 0 Å². The van der Waals surface area contributed by atoms with Gasteiger partial charge in [-0.05, 0) is 0 Å². The monoisotopic (exact) mass is 260 g/mol. The highest BCUT2D eigenvalue weighted by molar-refractivity contribution is 5.77. The average molecular weight is 260 g/mol. The highest BCUT2D eigenvalue weighted by Gasteiger charge is 2.43. The van der Waals surface area contributed by atoms with Crippen molar-refractivity contribution in [1.82, 2.24) is 4.90 Å². The van der Waals surface area contributed by atoms with Crippen molar-refractivity contribution in [3.05, 3.63) is 0 Å². The van der Waals surface area contributed by atoms with Crippen LogP contribution in [0.2, 0.25) is 0 Å². The van der Waals surface area contributed by atoms with E-state index >= 15 is 0 Å². The second-order valence-electron chi connectivity index (χ2n) is 4.63. The lowest BCUT2D eigenvalue weighted by Gasteiger charge is -2.28. The van der Waals surface area contributed by atoms with E-state index in [0.29, 0.717) is 26.3 Å². The van der Waals surface area contributed by atoms with E-state index in [1.807, 2.05) is 0 Å². The van der Waals surface area contributed by atoms with E-state index in [2.05, 4.69) is 0 Å². The Labute approximate surface area is 105 Å². The Morgan fingerprint density at radius 1 is 1.22 bits per heavy atom. The third kappa shape index (κ3) is 2.81. The summed E-state index contributed by atoms with van der Waals surface area (Å²) in [5.41, 5.74) is 5.41. The normalized spacial score (nSPS) is 36.9. The lowest BCUT2D eigenvalue weighted by molar-refractivity contribution is -0.139. The summed E-state index contributed by atoms with van der Waals surface area (Å²) >= 11 is 0. The lowest BCUT2D eigenvalue weighted by Crippen LogP contribution is -2.43. The van der Waals surface area contributed by atoms with E-state index in [4.69, 9.17) is 15.2 Å². The van der Waals surface area contributed by atoms with Crippen molar-refractivity contribution in [2.45, 2.75) is 30.8 Å². The van der Waals surface area contributed by atoms with Crippen LogP contribution in [0.5, 0.6) is 0 Å². The molecule has 0 aliphatic carbocycles. The molecule has 0 spiro atoms. The molecule has 0 aromatic carbocycles. The first-order valence-electron chi connectivity index (χ1n) is 6.20. The molecule has 2 aliphatic rings. The first kappa shape index (κ1) is 13.7. The van der Waals surface area contributed by atoms with E-state index < -0.39 is 24.4 Å². The van der Waals surface area contributed by atoms with Gasteiger partial charge in [0.05, 0.1) is 31.8 Å². The first-order chi connectivity index (χ1) is 8.63. The molecule has 0 saturated carbocycles. The molecule has 2 aliphatic heterocycles. The van der Waals surface area contributed by atoms with Crippen molar-refractivity contribution in [1.29, 1.82) is 0 Å². The molecule has 0 aromatic rings. The number of morpholine rings is 1. The van der Waals surface area contributed by atoms with Gasteiger partial charge in [-0.3, -0.25) is 4.79 Å². The minimum absolute atomic E-state index is 0.0642. The minimum Gasteiger partial charge on any atom is -0.388 e. The number of nitrogens with two attached hydrogens (primary N) is 1. The lowest BCUT2D eigenvalue weighted by atomic mass is 10.1. The van der Waals surface area contributed by atoms with Gasteiger partial charge in [-0.1, -0.05) is 0 Å². The summed E-state index contributed by atoms with van der Waals surface area (Å²) in [7, 11) is 0. The van der Waals surface area contributed by atoms with E-state index in [-0.39, 0.29) is 18.9 Å². The smallest absolute Gasteiger partial charge is 0.225 e. The molecule has 7 heteroatoms. The van der Waals surface area contributed by atoms with Gasteiger partial charge in [0, 0.05) is 19.6 Å². The number of carbonyl (C=O) groups is 1. The Bertz CT molecular complexity index is 295. The first-order valence-corrected chi connectivity index (χ1v) is 6.20. The Hall–Kier alpha value is -0.730. The van der Waals surface area contributed by atoms with E-state index in [0.717, 1.165) is 0 Å². The molecule has 0 bridgehead atoms. The van der Waals surface area contributed by atoms with Crippen LogP contribution in [-0.4, -0.2) is 78.3 Å². The van der Waals surface area contributed by atoms with Crippen LogP contribution in [0.25, 0.3) is 0 Å². The number of amides is 1. The predicted molar refractivity (Wildman–Crippen MR) is 61.7 cm³/mol. The van der Waals surface area contributed by atoms with Gasteiger partial charge >= 0.3 is 0 Å². The van der Waals surface area contributed by atoms with Crippen LogP contribution in [0.1, 0.15) is 6.42 Å². The number of hydrogen-bond donors (Lipinski definition) is 3. The number of nitrogens with zero attached hydrogens (tertiary/aromatic N) is 1. The summed E-state index contributed by atoms with van der Waals surface area (Å²) in [5.74, 6) is -0.0905. The number of carbonyl (C=O) groups excluding carboxylic acids is 1. The number of aliphatic hydroxyl groups is 2. The van der Waals surface area contributed by atoms with Gasteiger partial charge < -0.3 is 30.3 Å². The quantitative estimate of drug-likeness (QED) is 0.526. The highest BCUT2D eigenvalue weighted by Crippen LogP contribution is 2.23. The molecule has 104 valence electrons. The molecular formula is C11H20N2O5. The van der Waals surface area contributed by atoms with Crippen molar-refractivity contribution >= 4 is 5.91 Å². The van der Waals surface area contributed by atoms with Crippen molar-refractivity contribution < 1.29 is 24.5 Å². The van der Waals surface area contributed by atoms with Gasteiger partial charge in [-0.25, -0.2) is 0 Å². The maximum absolute atomic E-state index is 12.0. The van der Waals surface area contributed by atoms with Crippen LogP contribution in [0.15, 0.2) is 0 Å². The highest BCUT2D eigenvalue weighted by atomic mass is 16.5. The molecule has 4 atom stereocenters. The molecule has 0 aromatic heterocycles. The van der Waals surface area contributed by atoms with E-state index in [1.165, 1.54) is 0 Å². The number of aliphatic hydroxyl groups excluding tert-OH is 2. The SMILES string of the molecule is NCC1OC(CC(=O)N2CCOCC2)C(O)C1O. The number of hydrogen-bond acceptors (Lipinski definition) is 6. The molecule has 18 heavy (non-hydrogen) atoms. The zero-order valence-electron chi connectivity index (χ0n) is 10.2. The maximum atomic E-state index is 12.0. The van der Waals surface area contributed by atoms with Crippen molar-refractivity contribution in [3.8, 4) is 0 Å². The zero-order valence-corrected chi connectivity index (χ0v) is 10.2. The Morgan fingerprint density at radius 3 is 2.39 bits per heavy atom. The minimum atomic E-state index is -1.05. The fraction of sp³-hybridized carbons (Fsp3) is 0.909. The van der Waals surface area contributed by atoms with Crippen molar-refractivity contribution in [2.75, 3.05) is 32.8 Å².